The number of hydrogen-bond donors (Lipinski definition) is 1. The minimum Gasteiger partial charge on any atom is -0.493 e. The Bertz CT molecular complexity index is 1020. The van der Waals surface area contributed by atoms with Crippen molar-refractivity contribution in [1.29, 1.82) is 0 Å². The van der Waals surface area contributed by atoms with Gasteiger partial charge < -0.3 is 15.0 Å². The average molecular weight is 450 g/mol. The molecule has 1 saturated heterocycles. The molecule has 32 heavy (non-hydrogen) atoms. The third-order valence-electron chi connectivity index (χ3n) is 5.56. The van der Waals surface area contributed by atoms with E-state index in [1.165, 1.54) is 5.56 Å². The largest absolute Gasteiger partial charge is 0.493 e. The van der Waals surface area contributed by atoms with E-state index in [0.29, 0.717) is 31.7 Å². The van der Waals surface area contributed by atoms with Crippen LogP contribution in [0.25, 0.3) is 0 Å². The summed E-state index contributed by atoms with van der Waals surface area (Å²) < 4.78 is 5.95. The molecule has 0 spiro atoms. The molecule has 2 amide bonds. The van der Waals surface area contributed by atoms with E-state index in [2.05, 4.69) is 27.1 Å². The molecule has 3 heterocycles. The highest BCUT2D eigenvalue weighted by atomic mass is 32.1. The lowest BCUT2D eigenvalue weighted by atomic mass is 10.1. The lowest BCUT2D eigenvalue weighted by Gasteiger charge is -2.30. The van der Waals surface area contributed by atoms with Gasteiger partial charge in [-0.1, -0.05) is 12.1 Å². The lowest BCUT2D eigenvalue weighted by Crippen LogP contribution is -2.48. The lowest BCUT2D eigenvalue weighted by molar-refractivity contribution is -0.125. The van der Waals surface area contributed by atoms with Crippen LogP contribution in [0, 0.1) is 0 Å². The number of pyridine rings is 1. The van der Waals surface area contributed by atoms with Gasteiger partial charge >= 0.3 is 0 Å². The van der Waals surface area contributed by atoms with Crippen molar-refractivity contribution in [2.45, 2.75) is 38.3 Å². The van der Waals surface area contributed by atoms with Crippen LogP contribution in [0.3, 0.4) is 0 Å². The van der Waals surface area contributed by atoms with Crippen molar-refractivity contribution in [3.05, 3.63) is 82.3 Å². The number of benzene rings is 1. The van der Waals surface area contributed by atoms with Crippen LogP contribution in [0.15, 0.2) is 65.6 Å². The molecule has 2 aromatic heterocycles. The van der Waals surface area contributed by atoms with E-state index in [1.54, 1.807) is 40.8 Å². The monoisotopic (exact) mass is 449 g/mol. The summed E-state index contributed by atoms with van der Waals surface area (Å²) in [4.78, 5) is 31.8. The van der Waals surface area contributed by atoms with Crippen LogP contribution in [0.5, 0.6) is 5.75 Å². The Kier molecular flexibility index (Phi) is 7.51. The predicted octanol–water partition coefficient (Wildman–Crippen LogP) is 4.08. The van der Waals surface area contributed by atoms with Gasteiger partial charge in [-0.3, -0.25) is 14.6 Å². The number of carbonyl (C=O) groups is 2. The Hall–Kier alpha value is -3.19. The normalized spacial score (nSPS) is 16.1. The van der Waals surface area contributed by atoms with Gasteiger partial charge in [0, 0.05) is 37.5 Å². The van der Waals surface area contributed by atoms with Crippen LogP contribution < -0.4 is 10.1 Å². The number of thiophene rings is 1. The van der Waals surface area contributed by atoms with E-state index in [9.17, 15) is 9.59 Å². The third kappa shape index (κ3) is 5.73. The number of nitrogens with zero attached hydrogens (tertiary/aromatic N) is 2. The summed E-state index contributed by atoms with van der Waals surface area (Å²) in [6.07, 6.45) is 6.52. The van der Waals surface area contributed by atoms with Crippen LogP contribution in [0.1, 0.15) is 40.7 Å². The predicted molar refractivity (Wildman–Crippen MR) is 125 cm³/mol. The summed E-state index contributed by atoms with van der Waals surface area (Å²) in [7, 11) is 0. The quantitative estimate of drug-likeness (QED) is 0.563. The standard InChI is InChI=1S/C25H27N3O3S/c29-24-23(6-1-2-11-27-24)28(25(30)21-7-12-26-13-8-21)17-20-4-3-5-22(16-20)31-14-9-19-10-15-32-18-19/h3-5,7-8,10,12-13,15-16,18,23H,1-2,6,9,11,14,17H2,(H,27,29)/t23-/m0/s1. The minimum absolute atomic E-state index is 0.0897. The SMILES string of the molecule is O=C1NCCCC[C@@H]1N(Cc1cccc(OCCc2ccsc2)c1)C(=O)c1ccncc1. The highest BCUT2D eigenvalue weighted by Gasteiger charge is 2.31. The van der Waals surface area contributed by atoms with Crippen molar-refractivity contribution in [3.63, 3.8) is 0 Å². The second kappa shape index (κ2) is 10.9. The van der Waals surface area contributed by atoms with Crippen LogP contribution in [-0.4, -0.2) is 40.9 Å². The van der Waals surface area contributed by atoms with Gasteiger partial charge in [0.2, 0.25) is 5.91 Å². The summed E-state index contributed by atoms with van der Waals surface area (Å²) >= 11 is 1.68. The van der Waals surface area contributed by atoms with E-state index in [1.807, 2.05) is 24.3 Å². The Labute approximate surface area is 192 Å². The maximum Gasteiger partial charge on any atom is 0.254 e. The Morgan fingerprint density at radius 2 is 2.03 bits per heavy atom. The van der Waals surface area contributed by atoms with Gasteiger partial charge in [0.1, 0.15) is 11.8 Å². The van der Waals surface area contributed by atoms with E-state index >= 15 is 0 Å². The van der Waals surface area contributed by atoms with Crippen molar-refractivity contribution in [3.8, 4) is 5.75 Å². The average Bonchev–Trinajstić information content (AvgIpc) is 3.25. The van der Waals surface area contributed by atoms with Gasteiger partial charge in [-0.15, -0.1) is 0 Å². The van der Waals surface area contributed by atoms with Gasteiger partial charge in [0.05, 0.1) is 6.61 Å². The zero-order valence-corrected chi connectivity index (χ0v) is 18.7. The summed E-state index contributed by atoms with van der Waals surface area (Å²) in [5.41, 5.74) is 2.72. The van der Waals surface area contributed by atoms with Crippen molar-refractivity contribution in [2.24, 2.45) is 0 Å². The smallest absolute Gasteiger partial charge is 0.254 e. The molecule has 1 atom stereocenters. The van der Waals surface area contributed by atoms with Crippen molar-refractivity contribution in [2.75, 3.05) is 13.2 Å². The van der Waals surface area contributed by atoms with Crippen LogP contribution >= 0.6 is 11.3 Å². The molecule has 1 aliphatic heterocycles. The first-order valence-electron chi connectivity index (χ1n) is 10.9. The molecule has 0 radical (unpaired) electrons. The van der Waals surface area contributed by atoms with Gasteiger partial charge in [-0.2, -0.15) is 11.3 Å². The molecule has 1 N–H and O–H groups in total. The fourth-order valence-corrected chi connectivity index (χ4v) is 4.56. The van der Waals surface area contributed by atoms with Gasteiger partial charge in [-0.25, -0.2) is 0 Å². The number of hydrogen-bond acceptors (Lipinski definition) is 5. The first-order chi connectivity index (χ1) is 15.7. The summed E-state index contributed by atoms with van der Waals surface area (Å²) in [5.74, 6) is 0.505. The molecule has 3 aromatic rings. The maximum absolute atomic E-state index is 13.4. The molecule has 7 heteroatoms. The van der Waals surface area contributed by atoms with Gasteiger partial charge in [0.25, 0.3) is 5.91 Å². The molecule has 6 nitrogen and oxygen atoms in total. The zero-order chi connectivity index (χ0) is 22.2. The van der Waals surface area contributed by atoms with Crippen molar-refractivity contribution < 1.29 is 14.3 Å². The Balaban J connectivity index is 1.51. The number of nitrogens with one attached hydrogen (secondary N) is 1. The van der Waals surface area contributed by atoms with Gasteiger partial charge in [0.15, 0.2) is 0 Å². The molecule has 4 rings (SSSR count). The molecular weight excluding hydrogens is 422 g/mol. The zero-order valence-electron chi connectivity index (χ0n) is 17.9. The van der Waals surface area contributed by atoms with Crippen molar-refractivity contribution >= 4 is 23.2 Å². The van der Waals surface area contributed by atoms with Crippen LogP contribution in [-0.2, 0) is 17.8 Å². The number of ether oxygens (including phenoxy) is 1. The maximum atomic E-state index is 13.4. The topological polar surface area (TPSA) is 71.5 Å². The summed E-state index contributed by atoms with van der Waals surface area (Å²) in [6.45, 7) is 1.58. The molecule has 0 bridgehead atoms. The molecule has 1 aliphatic rings. The fraction of sp³-hybridized carbons (Fsp3) is 0.320. The first kappa shape index (κ1) is 22.0. The molecule has 0 unspecified atom stereocenters. The van der Waals surface area contributed by atoms with E-state index in [4.69, 9.17) is 4.74 Å². The first-order valence-corrected chi connectivity index (χ1v) is 11.9. The fourth-order valence-electron chi connectivity index (χ4n) is 3.86. The number of carbonyl (C=O) groups excluding carboxylic acids is 2. The van der Waals surface area contributed by atoms with E-state index < -0.39 is 6.04 Å². The molecule has 1 aromatic carbocycles. The molecule has 1 fully saturated rings. The molecular formula is C25H27N3O3S. The second-order valence-corrected chi connectivity index (χ2v) is 8.63. The second-order valence-electron chi connectivity index (χ2n) is 7.85. The van der Waals surface area contributed by atoms with Crippen LogP contribution in [0.2, 0.25) is 0 Å². The highest BCUT2D eigenvalue weighted by Crippen LogP contribution is 2.21. The van der Waals surface area contributed by atoms with E-state index in [0.717, 1.165) is 30.6 Å². The minimum atomic E-state index is -0.499. The summed E-state index contributed by atoms with van der Waals surface area (Å²) in [6, 6.07) is 12.7. The van der Waals surface area contributed by atoms with E-state index in [-0.39, 0.29) is 11.8 Å². The molecule has 0 aliphatic carbocycles. The van der Waals surface area contributed by atoms with Crippen LogP contribution in [0.4, 0.5) is 0 Å². The number of amides is 2. The number of rotatable bonds is 8. The Morgan fingerprint density at radius 1 is 1.16 bits per heavy atom. The highest BCUT2D eigenvalue weighted by molar-refractivity contribution is 7.07. The Morgan fingerprint density at radius 3 is 2.84 bits per heavy atom. The summed E-state index contributed by atoms with van der Waals surface area (Å²) in [5, 5.41) is 7.14. The molecule has 166 valence electrons. The molecule has 0 saturated carbocycles. The van der Waals surface area contributed by atoms with Gasteiger partial charge in [-0.05, 0) is 71.5 Å². The number of aromatic nitrogens is 1. The van der Waals surface area contributed by atoms with Crippen molar-refractivity contribution in [1.82, 2.24) is 15.2 Å². The third-order valence-corrected chi connectivity index (χ3v) is 6.29.